The van der Waals surface area contributed by atoms with Crippen LogP contribution in [0.5, 0.6) is 0 Å². The third-order valence-electron chi connectivity index (χ3n) is 3.41. The van der Waals surface area contributed by atoms with E-state index in [1.54, 1.807) is 6.07 Å². The van der Waals surface area contributed by atoms with Gasteiger partial charge in [-0.3, -0.25) is 0 Å². The second-order valence-corrected chi connectivity index (χ2v) is 5.98. The van der Waals surface area contributed by atoms with E-state index in [9.17, 15) is 0 Å². The predicted octanol–water partition coefficient (Wildman–Crippen LogP) is 2.84. The molecule has 100 valence electrons. The molecular weight excluding hydrogens is 236 g/mol. The molecule has 0 N–H and O–H groups in total. The fourth-order valence-electron chi connectivity index (χ4n) is 2.28. The van der Waals surface area contributed by atoms with Gasteiger partial charge >= 0.3 is 0 Å². The first-order chi connectivity index (χ1) is 8.90. The van der Waals surface area contributed by atoms with E-state index in [0.29, 0.717) is 11.6 Å². The highest BCUT2D eigenvalue weighted by Gasteiger charge is 2.22. The van der Waals surface area contributed by atoms with Crippen LogP contribution < -0.4 is 4.90 Å². The van der Waals surface area contributed by atoms with Gasteiger partial charge in [-0.1, -0.05) is 32.4 Å². The van der Waals surface area contributed by atoms with Crippen molar-refractivity contribution in [1.82, 2.24) is 9.97 Å². The molecule has 4 heteroatoms. The van der Waals surface area contributed by atoms with Crippen molar-refractivity contribution >= 4 is 5.95 Å². The maximum Gasteiger partial charge on any atom is 0.227 e. The molecular formula is C15H20N4. The molecule has 0 aliphatic carbocycles. The van der Waals surface area contributed by atoms with Crippen LogP contribution in [-0.4, -0.2) is 23.1 Å². The molecule has 0 radical (unpaired) electrons. The summed E-state index contributed by atoms with van der Waals surface area (Å²) in [5, 5.41) is 8.96. The van der Waals surface area contributed by atoms with E-state index in [1.807, 2.05) is 6.92 Å². The minimum Gasteiger partial charge on any atom is -0.337 e. The van der Waals surface area contributed by atoms with E-state index in [1.165, 1.54) is 5.57 Å². The van der Waals surface area contributed by atoms with Gasteiger partial charge in [-0.15, -0.1) is 0 Å². The lowest BCUT2D eigenvalue weighted by molar-refractivity contribution is 0.471. The van der Waals surface area contributed by atoms with Crippen molar-refractivity contribution in [3.8, 4) is 6.07 Å². The van der Waals surface area contributed by atoms with Crippen LogP contribution in [0, 0.1) is 23.7 Å². The largest absolute Gasteiger partial charge is 0.337 e. The smallest absolute Gasteiger partial charge is 0.227 e. The molecule has 1 aromatic rings. The zero-order valence-electron chi connectivity index (χ0n) is 12.1. The summed E-state index contributed by atoms with van der Waals surface area (Å²) in [4.78, 5) is 10.8. The summed E-state index contributed by atoms with van der Waals surface area (Å²) in [6, 6.07) is 3.80. The van der Waals surface area contributed by atoms with Gasteiger partial charge in [-0.05, 0) is 24.8 Å². The fourth-order valence-corrected chi connectivity index (χ4v) is 2.28. The molecule has 0 atom stereocenters. The third kappa shape index (κ3) is 3.11. The molecule has 19 heavy (non-hydrogen) atoms. The quantitative estimate of drug-likeness (QED) is 0.725. The first-order valence-electron chi connectivity index (χ1n) is 6.60. The molecule has 0 aromatic carbocycles. The second-order valence-electron chi connectivity index (χ2n) is 5.98. The maximum atomic E-state index is 8.96. The summed E-state index contributed by atoms with van der Waals surface area (Å²) in [5.74, 6) is 0.667. The molecule has 1 aliphatic rings. The number of nitrogens with zero attached hydrogens (tertiary/aromatic N) is 4. The average Bonchev–Trinajstić information content (AvgIpc) is 2.37. The Hall–Kier alpha value is -1.89. The Bertz CT molecular complexity index is 546. The minimum atomic E-state index is 0.233. The van der Waals surface area contributed by atoms with Crippen LogP contribution in [0.2, 0.25) is 0 Å². The number of anilines is 1. The van der Waals surface area contributed by atoms with Gasteiger partial charge in [-0.2, -0.15) is 5.26 Å². The van der Waals surface area contributed by atoms with Crippen molar-refractivity contribution in [2.45, 2.75) is 34.1 Å². The van der Waals surface area contributed by atoms with Crippen LogP contribution in [0.4, 0.5) is 5.95 Å². The van der Waals surface area contributed by atoms with Gasteiger partial charge in [0.2, 0.25) is 5.95 Å². The maximum absolute atomic E-state index is 8.96. The van der Waals surface area contributed by atoms with Gasteiger partial charge in [0.25, 0.3) is 0 Å². The van der Waals surface area contributed by atoms with Crippen LogP contribution >= 0.6 is 0 Å². The van der Waals surface area contributed by atoms with Gasteiger partial charge in [-0.25, -0.2) is 9.97 Å². The molecule has 0 fully saturated rings. The van der Waals surface area contributed by atoms with Crippen molar-refractivity contribution in [3.05, 3.63) is 29.1 Å². The molecule has 1 aliphatic heterocycles. The molecule has 0 bridgehead atoms. The van der Waals surface area contributed by atoms with E-state index in [0.717, 1.165) is 25.2 Å². The van der Waals surface area contributed by atoms with Crippen molar-refractivity contribution in [1.29, 1.82) is 5.26 Å². The van der Waals surface area contributed by atoms with Crippen molar-refractivity contribution in [3.63, 3.8) is 0 Å². The Kier molecular flexibility index (Phi) is 3.57. The zero-order chi connectivity index (χ0) is 14.0. The zero-order valence-corrected chi connectivity index (χ0v) is 12.1. The van der Waals surface area contributed by atoms with Crippen LogP contribution in [0.15, 0.2) is 17.7 Å². The third-order valence-corrected chi connectivity index (χ3v) is 3.41. The lowest BCUT2D eigenvalue weighted by Gasteiger charge is -2.32. The lowest BCUT2D eigenvalue weighted by Crippen LogP contribution is -2.32. The topological polar surface area (TPSA) is 52.8 Å². The highest BCUT2D eigenvalue weighted by atomic mass is 15.2. The lowest BCUT2D eigenvalue weighted by atomic mass is 9.83. The van der Waals surface area contributed by atoms with Gasteiger partial charge in [0, 0.05) is 18.8 Å². The molecule has 4 nitrogen and oxygen atoms in total. The normalized spacial score (nSPS) is 15.9. The molecule has 0 spiro atoms. The summed E-state index contributed by atoms with van der Waals surface area (Å²) in [5.41, 5.74) is 2.99. The molecule has 0 unspecified atom stereocenters. The molecule has 1 aromatic heterocycles. The number of nitriles is 1. The Morgan fingerprint density at radius 3 is 2.58 bits per heavy atom. The van der Waals surface area contributed by atoms with Crippen LogP contribution in [0.25, 0.3) is 0 Å². The van der Waals surface area contributed by atoms with Crippen LogP contribution in [0.3, 0.4) is 0 Å². The Morgan fingerprint density at radius 2 is 2.05 bits per heavy atom. The van der Waals surface area contributed by atoms with Gasteiger partial charge < -0.3 is 4.90 Å². The highest BCUT2D eigenvalue weighted by molar-refractivity contribution is 5.39. The number of rotatable bonds is 1. The van der Waals surface area contributed by atoms with Crippen molar-refractivity contribution in [2.75, 3.05) is 18.0 Å². The number of hydrogen-bond donors (Lipinski definition) is 0. The van der Waals surface area contributed by atoms with Crippen molar-refractivity contribution < 1.29 is 0 Å². The Labute approximate surface area is 114 Å². The van der Waals surface area contributed by atoms with Gasteiger partial charge in [0.05, 0.1) is 0 Å². The van der Waals surface area contributed by atoms with Crippen LogP contribution in [0.1, 0.15) is 38.6 Å². The van der Waals surface area contributed by atoms with Gasteiger partial charge in [0.1, 0.15) is 11.8 Å². The SMILES string of the molecule is Cc1cc(C#N)nc(N2CC=C(C(C)(C)C)CC2)n1. The number of hydrogen-bond acceptors (Lipinski definition) is 4. The average molecular weight is 256 g/mol. The van der Waals surface area contributed by atoms with E-state index in [4.69, 9.17) is 5.26 Å². The highest BCUT2D eigenvalue weighted by Crippen LogP contribution is 2.30. The summed E-state index contributed by atoms with van der Waals surface area (Å²) < 4.78 is 0. The number of aromatic nitrogens is 2. The molecule has 2 heterocycles. The second kappa shape index (κ2) is 5.00. The molecule has 0 saturated carbocycles. The first kappa shape index (κ1) is 13.5. The summed E-state index contributed by atoms with van der Waals surface area (Å²) in [6.45, 7) is 10.4. The van der Waals surface area contributed by atoms with E-state index in [-0.39, 0.29) is 5.41 Å². The standard InChI is InChI=1S/C15H20N4/c1-11-9-13(10-16)18-14(17-11)19-7-5-12(6-8-19)15(2,3)4/h5,9H,6-8H2,1-4H3. The molecule has 0 saturated heterocycles. The Balaban J connectivity index is 2.21. The Morgan fingerprint density at radius 1 is 1.32 bits per heavy atom. The monoisotopic (exact) mass is 256 g/mol. The van der Waals surface area contributed by atoms with Gasteiger partial charge in [0.15, 0.2) is 0 Å². The van der Waals surface area contributed by atoms with E-state index in [2.05, 4.69) is 47.8 Å². The van der Waals surface area contributed by atoms with E-state index >= 15 is 0 Å². The molecule has 2 rings (SSSR count). The minimum absolute atomic E-state index is 0.233. The van der Waals surface area contributed by atoms with Crippen LogP contribution in [-0.2, 0) is 0 Å². The molecule has 0 amide bonds. The summed E-state index contributed by atoms with van der Waals surface area (Å²) in [7, 11) is 0. The summed E-state index contributed by atoms with van der Waals surface area (Å²) >= 11 is 0. The fraction of sp³-hybridized carbons (Fsp3) is 0.533. The van der Waals surface area contributed by atoms with E-state index < -0.39 is 0 Å². The predicted molar refractivity (Wildman–Crippen MR) is 75.9 cm³/mol. The number of aryl methyl sites for hydroxylation is 1. The summed E-state index contributed by atoms with van der Waals surface area (Å²) in [6.07, 6.45) is 3.30. The van der Waals surface area contributed by atoms with Crippen molar-refractivity contribution in [2.24, 2.45) is 5.41 Å². The first-order valence-corrected chi connectivity index (χ1v) is 6.60.